The summed E-state index contributed by atoms with van der Waals surface area (Å²) in [6.07, 6.45) is -3.56. The van der Waals surface area contributed by atoms with Crippen LogP contribution < -0.4 is 15.6 Å². The van der Waals surface area contributed by atoms with Crippen molar-refractivity contribution in [1.82, 2.24) is 9.55 Å². The molecule has 0 unspecified atom stereocenters. The molecule has 3 aromatic rings. The molecule has 0 aliphatic carbocycles. The molecular weight excluding hydrogens is 387 g/mol. The van der Waals surface area contributed by atoms with Crippen LogP contribution in [-0.4, -0.2) is 21.8 Å². The number of nitrogens with one attached hydrogen (secondary N) is 1. The predicted molar refractivity (Wildman–Crippen MR) is 92.8 cm³/mol. The Morgan fingerprint density at radius 2 is 1.89 bits per heavy atom. The summed E-state index contributed by atoms with van der Waals surface area (Å²) in [4.78, 5) is 28.6. The molecule has 27 heavy (non-hydrogen) atoms. The van der Waals surface area contributed by atoms with Crippen LogP contribution in [-0.2, 0) is 11.3 Å². The molecule has 2 aromatic carbocycles. The van der Waals surface area contributed by atoms with E-state index in [1.807, 2.05) is 0 Å². The molecule has 1 aromatic heterocycles. The number of anilines is 1. The number of alkyl halides is 3. The van der Waals surface area contributed by atoms with Crippen molar-refractivity contribution in [3.63, 3.8) is 0 Å². The first-order valence-corrected chi connectivity index (χ1v) is 7.89. The number of aromatic nitrogens is 2. The van der Waals surface area contributed by atoms with Crippen molar-refractivity contribution in [2.75, 3.05) is 5.32 Å². The normalized spacial score (nSPS) is 11.4. The third-order valence-corrected chi connectivity index (χ3v) is 3.71. The zero-order valence-electron chi connectivity index (χ0n) is 13.5. The lowest BCUT2D eigenvalue weighted by Crippen LogP contribution is -2.27. The molecule has 10 heteroatoms. The molecule has 3 rings (SSSR count). The van der Waals surface area contributed by atoms with E-state index in [9.17, 15) is 22.8 Å². The molecule has 1 N–H and O–H groups in total. The molecule has 0 aliphatic heterocycles. The highest BCUT2D eigenvalue weighted by Gasteiger charge is 2.30. The van der Waals surface area contributed by atoms with Crippen LogP contribution in [0, 0.1) is 0 Å². The summed E-state index contributed by atoms with van der Waals surface area (Å²) in [5.74, 6) is -0.961. The fraction of sp³-hybridized carbons (Fsp3) is 0.118. The van der Waals surface area contributed by atoms with E-state index in [4.69, 9.17) is 11.6 Å². The van der Waals surface area contributed by atoms with Gasteiger partial charge in [-0.05, 0) is 42.5 Å². The number of amides is 1. The maximum absolute atomic E-state index is 12.4. The van der Waals surface area contributed by atoms with Gasteiger partial charge in [0.25, 0.3) is 5.56 Å². The van der Waals surface area contributed by atoms with Crippen molar-refractivity contribution >= 4 is 34.1 Å². The van der Waals surface area contributed by atoms with Gasteiger partial charge in [0.05, 0.1) is 17.2 Å². The molecule has 0 aliphatic rings. The summed E-state index contributed by atoms with van der Waals surface area (Å²) in [5.41, 5.74) is 0.257. The zero-order valence-corrected chi connectivity index (χ0v) is 14.2. The van der Waals surface area contributed by atoms with Gasteiger partial charge in [-0.25, -0.2) is 4.98 Å². The van der Waals surface area contributed by atoms with Crippen LogP contribution in [0.5, 0.6) is 5.75 Å². The Bertz CT molecular complexity index is 1050. The van der Waals surface area contributed by atoms with Crippen molar-refractivity contribution in [2.45, 2.75) is 12.9 Å². The molecular formula is C17H11ClF3N3O3. The average Bonchev–Trinajstić information content (AvgIpc) is 2.58. The van der Waals surface area contributed by atoms with Gasteiger partial charge in [-0.1, -0.05) is 11.6 Å². The minimum atomic E-state index is -4.79. The van der Waals surface area contributed by atoms with Gasteiger partial charge in [-0.2, -0.15) is 0 Å². The monoisotopic (exact) mass is 397 g/mol. The number of halogens is 4. The third-order valence-electron chi connectivity index (χ3n) is 3.47. The molecule has 0 fully saturated rings. The van der Waals surface area contributed by atoms with E-state index in [0.717, 1.165) is 16.7 Å². The Labute approximate surface area is 155 Å². The van der Waals surface area contributed by atoms with Crippen molar-refractivity contribution in [1.29, 1.82) is 0 Å². The number of nitrogens with zero attached hydrogens (tertiary/aromatic N) is 2. The van der Waals surface area contributed by atoms with Crippen LogP contribution in [0.2, 0.25) is 5.02 Å². The van der Waals surface area contributed by atoms with Gasteiger partial charge in [0, 0.05) is 10.7 Å². The van der Waals surface area contributed by atoms with Crippen LogP contribution in [0.15, 0.2) is 53.6 Å². The Balaban J connectivity index is 1.72. The Hall–Kier alpha value is -3.07. The summed E-state index contributed by atoms with van der Waals surface area (Å²) < 4.78 is 41.2. The smallest absolute Gasteiger partial charge is 0.406 e. The highest BCUT2D eigenvalue weighted by atomic mass is 35.5. The molecule has 0 radical (unpaired) electrons. The molecule has 140 valence electrons. The van der Waals surface area contributed by atoms with Gasteiger partial charge in [-0.15, -0.1) is 13.2 Å². The zero-order chi connectivity index (χ0) is 19.6. The topological polar surface area (TPSA) is 73.2 Å². The van der Waals surface area contributed by atoms with E-state index in [0.29, 0.717) is 10.5 Å². The first kappa shape index (κ1) is 18.7. The molecule has 0 atom stereocenters. The van der Waals surface area contributed by atoms with Gasteiger partial charge >= 0.3 is 6.36 Å². The first-order valence-electron chi connectivity index (χ1n) is 7.52. The third kappa shape index (κ3) is 4.76. The van der Waals surface area contributed by atoms with Gasteiger partial charge in [0.2, 0.25) is 5.91 Å². The van der Waals surface area contributed by atoms with Crippen molar-refractivity contribution in [3.8, 4) is 5.75 Å². The number of hydrogen-bond acceptors (Lipinski definition) is 4. The van der Waals surface area contributed by atoms with Crippen LogP contribution >= 0.6 is 11.6 Å². The number of ether oxygens (including phenoxy) is 1. The Morgan fingerprint density at radius 1 is 1.19 bits per heavy atom. The maximum atomic E-state index is 12.4. The van der Waals surface area contributed by atoms with Gasteiger partial charge in [0.1, 0.15) is 12.3 Å². The van der Waals surface area contributed by atoms with E-state index < -0.39 is 23.6 Å². The predicted octanol–water partition coefficient (Wildman–Crippen LogP) is 3.59. The summed E-state index contributed by atoms with van der Waals surface area (Å²) in [6, 6.07) is 9.28. The number of hydrogen-bond donors (Lipinski definition) is 1. The highest BCUT2D eigenvalue weighted by molar-refractivity contribution is 6.31. The Kier molecular flexibility index (Phi) is 5.04. The Morgan fingerprint density at radius 3 is 2.56 bits per heavy atom. The van der Waals surface area contributed by atoms with Crippen molar-refractivity contribution < 1.29 is 22.7 Å². The summed E-state index contributed by atoms with van der Waals surface area (Å²) in [5, 5.41) is 3.11. The van der Waals surface area contributed by atoms with Gasteiger partial charge in [0.15, 0.2) is 0 Å². The van der Waals surface area contributed by atoms with Crippen molar-refractivity contribution in [3.05, 3.63) is 64.2 Å². The number of benzene rings is 2. The van der Waals surface area contributed by atoms with Crippen molar-refractivity contribution in [2.24, 2.45) is 0 Å². The van der Waals surface area contributed by atoms with E-state index in [-0.39, 0.29) is 17.6 Å². The second kappa shape index (κ2) is 7.28. The molecule has 1 heterocycles. The quantitative estimate of drug-likeness (QED) is 0.730. The van der Waals surface area contributed by atoms with E-state index in [1.54, 1.807) is 12.1 Å². The lowest BCUT2D eigenvalue weighted by atomic mass is 10.2. The molecule has 6 nitrogen and oxygen atoms in total. The largest absolute Gasteiger partial charge is 0.573 e. The minimum Gasteiger partial charge on any atom is -0.406 e. The standard InChI is InChI=1S/C17H11ClF3N3O3/c18-10-1-6-14-13(7-10)16(26)24(9-22-14)8-15(25)23-11-2-4-12(5-3-11)27-17(19,20)21/h1-7,9H,8H2,(H,23,25). The first-order chi connectivity index (χ1) is 12.7. The maximum Gasteiger partial charge on any atom is 0.573 e. The van der Waals surface area contributed by atoms with Crippen LogP contribution in [0.4, 0.5) is 18.9 Å². The lowest BCUT2D eigenvalue weighted by Gasteiger charge is -2.10. The average molecular weight is 398 g/mol. The fourth-order valence-corrected chi connectivity index (χ4v) is 2.51. The number of rotatable bonds is 4. The fourth-order valence-electron chi connectivity index (χ4n) is 2.34. The van der Waals surface area contributed by atoms with Gasteiger partial charge < -0.3 is 10.1 Å². The number of carbonyl (C=O) groups is 1. The molecule has 1 amide bonds. The summed E-state index contributed by atoms with van der Waals surface area (Å²) >= 11 is 5.87. The SMILES string of the molecule is O=C(Cn1cnc2ccc(Cl)cc2c1=O)Nc1ccc(OC(F)(F)F)cc1. The molecule has 0 bridgehead atoms. The second-order valence-corrected chi connectivity index (χ2v) is 5.90. The molecule has 0 spiro atoms. The van der Waals surface area contributed by atoms with Crippen LogP contribution in [0.3, 0.4) is 0 Å². The van der Waals surface area contributed by atoms with Gasteiger partial charge in [-0.3, -0.25) is 14.2 Å². The lowest BCUT2D eigenvalue weighted by molar-refractivity contribution is -0.274. The van der Waals surface area contributed by atoms with E-state index >= 15 is 0 Å². The highest BCUT2D eigenvalue weighted by Crippen LogP contribution is 2.24. The van der Waals surface area contributed by atoms with Crippen LogP contribution in [0.1, 0.15) is 0 Å². The van der Waals surface area contributed by atoms with E-state index in [2.05, 4.69) is 15.0 Å². The summed E-state index contributed by atoms with van der Waals surface area (Å²) in [7, 11) is 0. The second-order valence-electron chi connectivity index (χ2n) is 5.46. The van der Waals surface area contributed by atoms with E-state index in [1.165, 1.54) is 24.5 Å². The molecule has 0 saturated carbocycles. The number of fused-ring (bicyclic) bond motifs is 1. The minimum absolute atomic E-state index is 0.249. The number of carbonyl (C=O) groups excluding carboxylic acids is 1. The summed E-state index contributed by atoms with van der Waals surface area (Å²) in [6.45, 7) is -0.324. The molecule has 0 saturated heterocycles. The van der Waals surface area contributed by atoms with Crippen LogP contribution in [0.25, 0.3) is 10.9 Å².